The molecule has 86 valence electrons. The van der Waals surface area contributed by atoms with Crippen LogP contribution >= 0.6 is 0 Å². The van der Waals surface area contributed by atoms with E-state index in [-0.39, 0.29) is 6.42 Å². The third kappa shape index (κ3) is 4.59. The van der Waals surface area contributed by atoms with Crippen molar-refractivity contribution in [3.63, 3.8) is 0 Å². The summed E-state index contributed by atoms with van der Waals surface area (Å²) >= 11 is 0. The first kappa shape index (κ1) is 12.2. The standard InChI is InChI=1S/C12H14O4/c13-9-10-4-6-11(7-5-10)16-8-2-1-3-12(14)15/h4-7,9H,1-3,8H2,(H,14,15). The van der Waals surface area contributed by atoms with Crippen LogP contribution in [0.1, 0.15) is 29.6 Å². The number of aldehydes is 1. The highest BCUT2D eigenvalue weighted by atomic mass is 16.5. The molecule has 0 saturated carbocycles. The Hall–Kier alpha value is -1.84. The van der Waals surface area contributed by atoms with Crippen LogP contribution in [0.2, 0.25) is 0 Å². The third-order valence-corrected chi connectivity index (χ3v) is 2.07. The van der Waals surface area contributed by atoms with Gasteiger partial charge in [-0.2, -0.15) is 0 Å². The van der Waals surface area contributed by atoms with E-state index < -0.39 is 5.97 Å². The van der Waals surface area contributed by atoms with Crippen LogP contribution in [-0.4, -0.2) is 24.0 Å². The number of hydrogen-bond donors (Lipinski definition) is 1. The molecular weight excluding hydrogens is 208 g/mol. The third-order valence-electron chi connectivity index (χ3n) is 2.07. The lowest BCUT2D eigenvalue weighted by molar-refractivity contribution is -0.137. The second-order valence-electron chi connectivity index (χ2n) is 3.39. The quantitative estimate of drug-likeness (QED) is 0.567. The molecule has 0 spiro atoms. The zero-order valence-electron chi connectivity index (χ0n) is 8.89. The Morgan fingerprint density at radius 2 is 1.94 bits per heavy atom. The predicted octanol–water partition coefficient (Wildman–Crippen LogP) is 2.13. The van der Waals surface area contributed by atoms with Crippen LogP contribution in [0.4, 0.5) is 0 Å². The summed E-state index contributed by atoms with van der Waals surface area (Å²) in [5.41, 5.74) is 0.609. The SMILES string of the molecule is O=Cc1ccc(OCCCCC(=O)O)cc1. The molecule has 0 bridgehead atoms. The summed E-state index contributed by atoms with van der Waals surface area (Å²) in [6.07, 6.45) is 2.27. The lowest BCUT2D eigenvalue weighted by Gasteiger charge is -2.05. The Labute approximate surface area is 93.9 Å². The van der Waals surface area contributed by atoms with Gasteiger partial charge in [-0.15, -0.1) is 0 Å². The zero-order chi connectivity index (χ0) is 11.8. The van der Waals surface area contributed by atoms with Crippen molar-refractivity contribution in [3.8, 4) is 5.75 Å². The molecule has 0 aliphatic rings. The fourth-order valence-corrected chi connectivity index (χ4v) is 1.21. The van der Waals surface area contributed by atoms with Crippen LogP contribution in [0, 0.1) is 0 Å². The Kier molecular flexibility index (Phi) is 5.05. The van der Waals surface area contributed by atoms with Crippen molar-refractivity contribution in [2.45, 2.75) is 19.3 Å². The molecule has 1 aromatic rings. The van der Waals surface area contributed by atoms with Crippen molar-refractivity contribution < 1.29 is 19.4 Å². The van der Waals surface area contributed by atoms with Gasteiger partial charge in [-0.3, -0.25) is 9.59 Å². The smallest absolute Gasteiger partial charge is 0.303 e. The number of carbonyl (C=O) groups is 2. The average molecular weight is 222 g/mol. The molecule has 16 heavy (non-hydrogen) atoms. The number of benzene rings is 1. The van der Waals surface area contributed by atoms with Gasteiger partial charge in [0.2, 0.25) is 0 Å². The molecule has 0 aromatic heterocycles. The van der Waals surface area contributed by atoms with Crippen LogP contribution in [0.3, 0.4) is 0 Å². The van der Waals surface area contributed by atoms with E-state index in [0.29, 0.717) is 30.8 Å². The van der Waals surface area contributed by atoms with Crippen molar-refractivity contribution in [2.75, 3.05) is 6.61 Å². The molecule has 4 nitrogen and oxygen atoms in total. The number of rotatable bonds is 7. The summed E-state index contributed by atoms with van der Waals surface area (Å²) in [4.78, 5) is 20.6. The van der Waals surface area contributed by atoms with E-state index in [1.54, 1.807) is 24.3 Å². The maximum Gasteiger partial charge on any atom is 0.303 e. The first-order valence-corrected chi connectivity index (χ1v) is 5.12. The van der Waals surface area contributed by atoms with Gasteiger partial charge in [0.1, 0.15) is 12.0 Å². The van der Waals surface area contributed by atoms with Gasteiger partial charge in [-0.25, -0.2) is 0 Å². The summed E-state index contributed by atoms with van der Waals surface area (Å²) in [7, 11) is 0. The summed E-state index contributed by atoms with van der Waals surface area (Å²) in [6.45, 7) is 0.494. The minimum absolute atomic E-state index is 0.174. The number of hydrogen-bond acceptors (Lipinski definition) is 3. The number of carbonyl (C=O) groups excluding carboxylic acids is 1. The van der Waals surface area contributed by atoms with Gasteiger partial charge in [0.05, 0.1) is 6.61 Å². The van der Waals surface area contributed by atoms with E-state index in [1.165, 1.54) is 0 Å². The molecule has 0 radical (unpaired) electrons. The van der Waals surface area contributed by atoms with Crippen LogP contribution in [0.5, 0.6) is 5.75 Å². The van der Waals surface area contributed by atoms with Gasteiger partial charge in [0.15, 0.2) is 0 Å². The first-order chi connectivity index (χ1) is 7.72. The van der Waals surface area contributed by atoms with E-state index in [9.17, 15) is 9.59 Å². The number of aliphatic carboxylic acids is 1. The van der Waals surface area contributed by atoms with E-state index in [1.807, 2.05) is 0 Å². The van der Waals surface area contributed by atoms with E-state index in [4.69, 9.17) is 9.84 Å². The summed E-state index contributed by atoms with van der Waals surface area (Å²) < 4.78 is 5.38. The number of unbranched alkanes of at least 4 members (excludes halogenated alkanes) is 1. The highest BCUT2D eigenvalue weighted by Gasteiger charge is 1.97. The highest BCUT2D eigenvalue weighted by molar-refractivity contribution is 5.74. The number of carboxylic acid groups (broad SMARTS) is 1. The Balaban J connectivity index is 2.21. The van der Waals surface area contributed by atoms with Gasteiger partial charge >= 0.3 is 5.97 Å². The van der Waals surface area contributed by atoms with Crippen LogP contribution in [0.15, 0.2) is 24.3 Å². The van der Waals surface area contributed by atoms with E-state index in [2.05, 4.69) is 0 Å². The molecule has 4 heteroatoms. The lowest BCUT2D eigenvalue weighted by atomic mass is 10.2. The fraction of sp³-hybridized carbons (Fsp3) is 0.333. The van der Waals surface area contributed by atoms with Gasteiger partial charge in [0.25, 0.3) is 0 Å². The fourth-order valence-electron chi connectivity index (χ4n) is 1.21. The van der Waals surface area contributed by atoms with Crippen LogP contribution in [0.25, 0.3) is 0 Å². The number of carboxylic acids is 1. The minimum atomic E-state index is -0.782. The van der Waals surface area contributed by atoms with Crippen LogP contribution < -0.4 is 4.74 Å². The van der Waals surface area contributed by atoms with Crippen molar-refractivity contribution in [2.24, 2.45) is 0 Å². The van der Waals surface area contributed by atoms with Gasteiger partial charge < -0.3 is 9.84 Å². The normalized spacial score (nSPS) is 9.75. The van der Waals surface area contributed by atoms with Gasteiger partial charge in [-0.05, 0) is 37.1 Å². The molecule has 0 aliphatic heterocycles. The Morgan fingerprint density at radius 1 is 1.25 bits per heavy atom. The molecule has 0 heterocycles. The average Bonchev–Trinajstić information content (AvgIpc) is 2.29. The molecule has 0 amide bonds. The summed E-state index contributed by atoms with van der Waals surface area (Å²) in [6, 6.07) is 6.81. The summed E-state index contributed by atoms with van der Waals surface area (Å²) in [5.74, 6) is -0.0868. The molecule has 0 fully saturated rings. The zero-order valence-corrected chi connectivity index (χ0v) is 8.89. The molecule has 0 saturated heterocycles. The Morgan fingerprint density at radius 3 is 2.50 bits per heavy atom. The maximum absolute atomic E-state index is 10.4. The highest BCUT2D eigenvalue weighted by Crippen LogP contribution is 2.11. The minimum Gasteiger partial charge on any atom is -0.494 e. The number of ether oxygens (including phenoxy) is 1. The topological polar surface area (TPSA) is 63.6 Å². The van der Waals surface area contributed by atoms with E-state index >= 15 is 0 Å². The van der Waals surface area contributed by atoms with Crippen molar-refractivity contribution >= 4 is 12.3 Å². The second-order valence-corrected chi connectivity index (χ2v) is 3.39. The van der Waals surface area contributed by atoms with Crippen molar-refractivity contribution in [1.29, 1.82) is 0 Å². The van der Waals surface area contributed by atoms with Gasteiger partial charge in [0, 0.05) is 12.0 Å². The summed E-state index contributed by atoms with van der Waals surface area (Å²) in [5, 5.41) is 8.41. The van der Waals surface area contributed by atoms with E-state index in [0.717, 1.165) is 6.29 Å². The molecule has 0 unspecified atom stereocenters. The van der Waals surface area contributed by atoms with Gasteiger partial charge in [-0.1, -0.05) is 0 Å². The molecule has 1 N–H and O–H groups in total. The molecule has 1 rings (SSSR count). The Bertz CT molecular complexity index is 343. The first-order valence-electron chi connectivity index (χ1n) is 5.12. The van der Waals surface area contributed by atoms with Crippen LogP contribution in [-0.2, 0) is 4.79 Å². The molecule has 0 atom stereocenters. The van der Waals surface area contributed by atoms with Crippen molar-refractivity contribution in [1.82, 2.24) is 0 Å². The monoisotopic (exact) mass is 222 g/mol. The second kappa shape index (κ2) is 6.61. The van der Waals surface area contributed by atoms with Crippen molar-refractivity contribution in [3.05, 3.63) is 29.8 Å². The lowest BCUT2D eigenvalue weighted by Crippen LogP contribution is -2.00. The largest absolute Gasteiger partial charge is 0.494 e. The maximum atomic E-state index is 10.4. The molecule has 0 aliphatic carbocycles. The molecule has 1 aromatic carbocycles. The molecular formula is C12H14O4. The predicted molar refractivity (Wildman–Crippen MR) is 58.8 cm³/mol.